The fraction of sp³-hybridized carbons (Fsp3) is 0.125. The van der Waals surface area contributed by atoms with E-state index in [1.807, 2.05) is 36.8 Å². The third-order valence-electron chi connectivity index (χ3n) is 2.86. The molecule has 0 fully saturated rings. The molecule has 0 saturated heterocycles. The smallest absolute Gasteiger partial charge is 0.211 e. The van der Waals surface area contributed by atoms with Crippen molar-refractivity contribution >= 4 is 58.8 Å². The first kappa shape index (κ1) is 17.6. The van der Waals surface area contributed by atoms with Crippen molar-refractivity contribution < 1.29 is 9.59 Å². The van der Waals surface area contributed by atoms with Crippen molar-refractivity contribution in [1.82, 2.24) is 0 Å². The zero-order chi connectivity index (χ0) is 16.7. The lowest BCUT2D eigenvalue weighted by Crippen LogP contribution is -1.82. The first-order chi connectivity index (χ1) is 11.2. The second-order valence-electron chi connectivity index (χ2n) is 4.18. The molecule has 7 heteroatoms. The lowest BCUT2D eigenvalue weighted by molar-refractivity contribution is 0.564. The molecule has 23 heavy (non-hydrogen) atoms. The van der Waals surface area contributed by atoms with Crippen LogP contribution in [-0.2, 0) is 9.59 Å². The van der Waals surface area contributed by atoms with E-state index in [-0.39, 0.29) is 0 Å². The van der Waals surface area contributed by atoms with E-state index < -0.39 is 0 Å². The van der Waals surface area contributed by atoms with Crippen LogP contribution in [0.1, 0.15) is 0 Å². The van der Waals surface area contributed by atoms with Gasteiger partial charge in [-0.1, -0.05) is 11.8 Å². The fourth-order valence-corrected chi connectivity index (χ4v) is 4.44. The molecular formula is C16H12N2O2S3. The average Bonchev–Trinajstić information content (AvgIpc) is 2.57. The molecule has 2 aromatic carbocycles. The molecule has 0 amide bonds. The van der Waals surface area contributed by atoms with Gasteiger partial charge in [-0.3, -0.25) is 0 Å². The summed E-state index contributed by atoms with van der Waals surface area (Å²) in [6.45, 7) is 0. The van der Waals surface area contributed by atoms with Crippen LogP contribution in [0.3, 0.4) is 0 Å². The maximum absolute atomic E-state index is 10.4. The number of thioether (sulfide) groups is 2. The van der Waals surface area contributed by atoms with Crippen LogP contribution in [0.15, 0.2) is 66.0 Å². The van der Waals surface area contributed by atoms with E-state index in [1.165, 1.54) is 0 Å². The SMILES string of the molecule is CSc1cc(N=C=O)ccc1Sc1ccc(N=C=O)cc1SC. The molecule has 2 rings (SSSR count). The Bertz CT molecular complexity index is 743. The highest BCUT2D eigenvalue weighted by Gasteiger charge is 2.09. The number of hydrogen-bond donors (Lipinski definition) is 0. The van der Waals surface area contributed by atoms with E-state index in [0.717, 1.165) is 19.6 Å². The largest absolute Gasteiger partial charge is 0.240 e. The molecular weight excluding hydrogens is 348 g/mol. The summed E-state index contributed by atoms with van der Waals surface area (Å²) < 4.78 is 0. The minimum atomic E-state index is 0.592. The molecule has 116 valence electrons. The van der Waals surface area contributed by atoms with E-state index in [9.17, 15) is 9.59 Å². The second-order valence-corrected chi connectivity index (χ2v) is 6.96. The Morgan fingerprint density at radius 2 is 1.17 bits per heavy atom. The lowest BCUT2D eigenvalue weighted by atomic mass is 10.3. The molecule has 0 aromatic heterocycles. The van der Waals surface area contributed by atoms with Crippen LogP contribution in [0.25, 0.3) is 0 Å². The van der Waals surface area contributed by atoms with Gasteiger partial charge in [0.15, 0.2) is 0 Å². The van der Waals surface area contributed by atoms with Crippen molar-refractivity contribution in [1.29, 1.82) is 0 Å². The highest BCUT2D eigenvalue weighted by Crippen LogP contribution is 2.41. The fourth-order valence-electron chi connectivity index (χ4n) is 1.84. The number of benzene rings is 2. The van der Waals surface area contributed by atoms with Gasteiger partial charge in [0.2, 0.25) is 12.2 Å². The Morgan fingerprint density at radius 1 is 0.739 bits per heavy atom. The summed E-state index contributed by atoms with van der Waals surface area (Å²) in [6, 6.07) is 11.2. The number of rotatable bonds is 6. The van der Waals surface area contributed by atoms with E-state index in [4.69, 9.17) is 0 Å². The van der Waals surface area contributed by atoms with Crippen molar-refractivity contribution in [2.24, 2.45) is 9.98 Å². The van der Waals surface area contributed by atoms with Crippen molar-refractivity contribution in [3.63, 3.8) is 0 Å². The standard InChI is InChI=1S/C16H12N2O2S3/c1-21-15-7-11(17-9-19)3-5-13(15)23-14-6-4-12(18-10-20)8-16(14)22-2/h3-8H,1-2H3. The summed E-state index contributed by atoms with van der Waals surface area (Å²) in [4.78, 5) is 32.3. The molecule has 0 aliphatic rings. The normalized spacial score (nSPS) is 9.83. The molecule has 0 aliphatic carbocycles. The topological polar surface area (TPSA) is 58.9 Å². The van der Waals surface area contributed by atoms with Crippen molar-refractivity contribution in [2.45, 2.75) is 19.6 Å². The molecule has 0 atom stereocenters. The van der Waals surface area contributed by atoms with Crippen LogP contribution in [0, 0.1) is 0 Å². The Morgan fingerprint density at radius 3 is 1.52 bits per heavy atom. The van der Waals surface area contributed by atoms with Crippen LogP contribution < -0.4 is 0 Å². The Kier molecular flexibility index (Phi) is 6.71. The maximum Gasteiger partial charge on any atom is 0.240 e. The number of hydrogen-bond acceptors (Lipinski definition) is 7. The monoisotopic (exact) mass is 360 g/mol. The average molecular weight is 360 g/mol. The molecule has 0 spiro atoms. The van der Waals surface area contributed by atoms with Gasteiger partial charge in [-0.2, -0.15) is 9.98 Å². The minimum absolute atomic E-state index is 0.592. The van der Waals surface area contributed by atoms with Gasteiger partial charge in [0.25, 0.3) is 0 Å². The van der Waals surface area contributed by atoms with Gasteiger partial charge in [0, 0.05) is 19.6 Å². The Hall–Kier alpha value is -1.75. The lowest BCUT2D eigenvalue weighted by Gasteiger charge is -2.11. The first-order valence-corrected chi connectivity index (χ1v) is 9.68. The predicted octanol–water partition coefficient (Wildman–Crippen LogP) is 5.22. The van der Waals surface area contributed by atoms with Gasteiger partial charge < -0.3 is 0 Å². The molecule has 4 nitrogen and oxygen atoms in total. The first-order valence-electron chi connectivity index (χ1n) is 6.41. The van der Waals surface area contributed by atoms with Gasteiger partial charge in [0.1, 0.15) is 0 Å². The molecule has 0 radical (unpaired) electrons. The molecule has 2 aromatic rings. The zero-order valence-corrected chi connectivity index (χ0v) is 14.8. The molecule has 0 aliphatic heterocycles. The third kappa shape index (κ3) is 4.61. The summed E-state index contributed by atoms with van der Waals surface area (Å²) in [5, 5.41) is 0. The molecule has 0 saturated carbocycles. The summed E-state index contributed by atoms with van der Waals surface area (Å²) in [5.41, 5.74) is 1.18. The quantitative estimate of drug-likeness (QED) is 0.402. The van der Waals surface area contributed by atoms with Crippen molar-refractivity contribution in [3.8, 4) is 0 Å². The van der Waals surface area contributed by atoms with Crippen molar-refractivity contribution in [3.05, 3.63) is 36.4 Å². The molecule has 0 N–H and O–H groups in total. The number of aliphatic imine (C=N–C) groups is 2. The zero-order valence-electron chi connectivity index (χ0n) is 12.4. The van der Waals surface area contributed by atoms with Gasteiger partial charge in [-0.15, -0.1) is 23.5 Å². The Labute approximate surface area is 146 Å². The van der Waals surface area contributed by atoms with Crippen LogP contribution in [0.5, 0.6) is 0 Å². The van der Waals surface area contributed by atoms with Crippen molar-refractivity contribution in [2.75, 3.05) is 12.5 Å². The van der Waals surface area contributed by atoms with Crippen LogP contribution >= 0.6 is 35.3 Å². The van der Waals surface area contributed by atoms with Gasteiger partial charge >= 0.3 is 0 Å². The van der Waals surface area contributed by atoms with E-state index in [1.54, 1.807) is 59.6 Å². The highest BCUT2D eigenvalue weighted by atomic mass is 32.2. The minimum Gasteiger partial charge on any atom is -0.211 e. The summed E-state index contributed by atoms with van der Waals surface area (Å²) in [6.07, 6.45) is 7.06. The Balaban J connectivity index is 2.38. The van der Waals surface area contributed by atoms with Crippen LogP contribution in [0.2, 0.25) is 0 Å². The highest BCUT2D eigenvalue weighted by molar-refractivity contribution is 8.03. The second kappa shape index (κ2) is 8.77. The van der Waals surface area contributed by atoms with Gasteiger partial charge in [-0.25, -0.2) is 9.59 Å². The number of carbonyl (C=O) groups excluding carboxylic acids is 2. The number of isocyanates is 2. The van der Waals surface area contributed by atoms with Gasteiger partial charge in [-0.05, 0) is 48.9 Å². The van der Waals surface area contributed by atoms with E-state index >= 15 is 0 Å². The molecule has 0 bridgehead atoms. The van der Waals surface area contributed by atoms with E-state index in [2.05, 4.69) is 9.98 Å². The van der Waals surface area contributed by atoms with Crippen LogP contribution in [-0.4, -0.2) is 24.7 Å². The predicted molar refractivity (Wildman–Crippen MR) is 96.1 cm³/mol. The van der Waals surface area contributed by atoms with Crippen LogP contribution in [0.4, 0.5) is 11.4 Å². The summed E-state index contributed by atoms with van der Waals surface area (Å²) in [5.74, 6) is 0. The van der Waals surface area contributed by atoms with E-state index in [0.29, 0.717) is 11.4 Å². The maximum atomic E-state index is 10.4. The summed E-state index contributed by atoms with van der Waals surface area (Å²) in [7, 11) is 0. The third-order valence-corrected chi connectivity index (χ3v) is 5.83. The van der Waals surface area contributed by atoms with Gasteiger partial charge in [0.05, 0.1) is 11.4 Å². The molecule has 0 heterocycles. The summed E-state index contributed by atoms with van der Waals surface area (Å²) >= 11 is 4.81. The number of nitrogens with zero attached hydrogens (tertiary/aromatic N) is 2. The molecule has 0 unspecified atom stereocenters.